The number of hydrogen-bond acceptors (Lipinski definition) is 7. The Morgan fingerprint density at radius 1 is 1.06 bits per heavy atom. The van der Waals surface area contributed by atoms with E-state index in [2.05, 4.69) is 48.6 Å². The van der Waals surface area contributed by atoms with Crippen molar-refractivity contribution in [2.24, 2.45) is 0 Å². The van der Waals surface area contributed by atoms with Crippen molar-refractivity contribution in [1.82, 2.24) is 10.2 Å². The third-order valence-electron chi connectivity index (χ3n) is 4.58. The first-order valence-corrected chi connectivity index (χ1v) is 9.68. The molecule has 0 saturated carbocycles. The first-order chi connectivity index (χ1) is 14.8. The van der Waals surface area contributed by atoms with Crippen LogP contribution >= 0.6 is 0 Å². The van der Waals surface area contributed by atoms with E-state index in [-0.39, 0.29) is 6.04 Å². The zero-order valence-corrected chi connectivity index (χ0v) is 17.8. The summed E-state index contributed by atoms with van der Waals surface area (Å²) in [4.78, 5) is 20.4. The molecule has 1 atom stereocenters. The molecule has 3 rings (SSSR count). The number of para-hydroxylation sites is 1. The summed E-state index contributed by atoms with van der Waals surface area (Å²) in [5.41, 5.74) is 2.37. The van der Waals surface area contributed by atoms with Crippen LogP contribution < -0.4 is 19.5 Å². The van der Waals surface area contributed by atoms with Gasteiger partial charge in [0.15, 0.2) is 11.5 Å². The Morgan fingerprint density at radius 3 is 2.32 bits per heavy atom. The van der Waals surface area contributed by atoms with E-state index < -0.39 is 11.9 Å². The molecule has 2 aromatic rings. The van der Waals surface area contributed by atoms with E-state index in [1.165, 1.54) is 11.1 Å². The number of rotatable bonds is 7. The molecule has 2 aromatic carbocycles. The van der Waals surface area contributed by atoms with Crippen LogP contribution in [0.1, 0.15) is 17.2 Å². The maximum atomic E-state index is 9.10. The first kappa shape index (κ1) is 24.0. The molecule has 0 aromatic heterocycles. The quantitative estimate of drug-likeness (QED) is 0.565. The Balaban J connectivity index is 0.000000501. The molecule has 1 aliphatic rings. The first-order valence-electron chi connectivity index (χ1n) is 9.68. The molecule has 3 N–H and O–H groups in total. The van der Waals surface area contributed by atoms with Gasteiger partial charge in [-0.3, -0.25) is 0 Å². The second-order valence-corrected chi connectivity index (χ2v) is 6.94. The van der Waals surface area contributed by atoms with Crippen molar-refractivity contribution in [2.45, 2.75) is 12.6 Å². The van der Waals surface area contributed by atoms with Crippen molar-refractivity contribution in [2.75, 3.05) is 41.0 Å². The lowest BCUT2D eigenvalue weighted by Gasteiger charge is -2.27. The Bertz CT molecular complexity index is 874. The van der Waals surface area contributed by atoms with Crippen molar-refractivity contribution >= 4 is 11.9 Å². The Morgan fingerprint density at radius 2 is 1.71 bits per heavy atom. The highest BCUT2D eigenvalue weighted by atomic mass is 16.6. The zero-order valence-electron chi connectivity index (χ0n) is 17.8. The van der Waals surface area contributed by atoms with Gasteiger partial charge in [0, 0.05) is 18.7 Å². The normalized spacial score (nSPS) is 13.0. The lowest BCUT2D eigenvalue weighted by molar-refractivity contribution is -0.159. The minimum absolute atomic E-state index is 0.230. The molecule has 31 heavy (non-hydrogen) atoms. The molecule has 1 unspecified atom stereocenters. The fraction of sp³-hybridized carbons (Fsp3) is 0.364. The molecule has 0 bridgehead atoms. The molecule has 9 heteroatoms. The predicted octanol–water partition coefficient (Wildman–Crippen LogP) is 2.01. The van der Waals surface area contributed by atoms with E-state index in [4.69, 9.17) is 34.0 Å². The number of hydrogen-bond donors (Lipinski definition) is 3. The highest BCUT2D eigenvalue weighted by molar-refractivity contribution is 6.27. The summed E-state index contributed by atoms with van der Waals surface area (Å²) in [5.74, 6) is -1.07. The van der Waals surface area contributed by atoms with Gasteiger partial charge in [0.25, 0.3) is 0 Å². The minimum atomic E-state index is -1.82. The van der Waals surface area contributed by atoms with Crippen molar-refractivity contribution in [3.8, 4) is 17.2 Å². The number of nitrogens with zero attached hydrogens (tertiary/aromatic N) is 1. The number of carbonyl (C=O) groups is 2. The Labute approximate surface area is 181 Å². The fourth-order valence-corrected chi connectivity index (χ4v) is 3.06. The predicted molar refractivity (Wildman–Crippen MR) is 114 cm³/mol. The maximum Gasteiger partial charge on any atom is 0.414 e. The van der Waals surface area contributed by atoms with Crippen molar-refractivity contribution < 1.29 is 34.0 Å². The van der Waals surface area contributed by atoms with E-state index in [9.17, 15) is 0 Å². The number of carboxylic acid groups (broad SMARTS) is 2. The second kappa shape index (κ2) is 11.8. The van der Waals surface area contributed by atoms with Gasteiger partial charge in [0.05, 0.1) is 13.2 Å². The molecular formula is C22H28N2O7. The van der Waals surface area contributed by atoms with Crippen LogP contribution in [0.25, 0.3) is 0 Å². The number of fused-ring (bicyclic) bond motifs is 1. The number of likely N-dealkylation sites (N-methyl/N-ethyl adjacent to an activating group) is 1. The van der Waals surface area contributed by atoms with Gasteiger partial charge in [0.2, 0.25) is 0 Å². The van der Waals surface area contributed by atoms with Crippen LogP contribution in [0, 0.1) is 0 Å². The molecule has 0 radical (unpaired) electrons. The summed E-state index contributed by atoms with van der Waals surface area (Å²) in [6, 6.07) is 14.5. The average molecular weight is 432 g/mol. The van der Waals surface area contributed by atoms with Gasteiger partial charge in [-0.2, -0.15) is 0 Å². The van der Waals surface area contributed by atoms with E-state index in [1.807, 2.05) is 18.2 Å². The molecule has 9 nitrogen and oxygen atoms in total. The zero-order chi connectivity index (χ0) is 22.8. The van der Waals surface area contributed by atoms with Crippen LogP contribution in [-0.4, -0.2) is 68.0 Å². The molecule has 168 valence electrons. The molecule has 0 aliphatic carbocycles. The smallest absolute Gasteiger partial charge is 0.414 e. The number of nitrogens with one attached hydrogen (secondary N) is 1. The maximum absolute atomic E-state index is 9.10. The van der Waals surface area contributed by atoms with Gasteiger partial charge in [-0.1, -0.05) is 24.3 Å². The van der Waals surface area contributed by atoms with Crippen molar-refractivity contribution in [1.29, 1.82) is 0 Å². The molecule has 1 heterocycles. The summed E-state index contributed by atoms with van der Waals surface area (Å²) in [6.45, 7) is 2.83. The SMILES string of the molecule is COc1ccccc1C(CNCc1ccc2c(c1)OCCO2)N(C)C.O=C(O)C(=O)O. The molecular weight excluding hydrogens is 404 g/mol. The lowest BCUT2D eigenvalue weighted by Crippen LogP contribution is -2.31. The van der Waals surface area contributed by atoms with Crippen molar-refractivity contribution in [3.63, 3.8) is 0 Å². The monoisotopic (exact) mass is 432 g/mol. The summed E-state index contributed by atoms with van der Waals surface area (Å²) in [6.07, 6.45) is 0. The van der Waals surface area contributed by atoms with Gasteiger partial charge >= 0.3 is 11.9 Å². The standard InChI is InChI=1S/C20H26N2O3.C2H2O4/c1-22(2)17(16-6-4-5-7-18(16)23-3)14-21-13-15-8-9-19-20(12-15)25-11-10-24-19;3-1(4)2(5)6/h4-9,12,17,21H,10-11,13-14H2,1-3H3;(H,3,4)(H,5,6). The van der Waals surface area contributed by atoms with Crippen LogP contribution in [0.4, 0.5) is 0 Å². The van der Waals surface area contributed by atoms with E-state index in [1.54, 1.807) is 7.11 Å². The van der Waals surface area contributed by atoms with Crippen LogP contribution in [0.15, 0.2) is 42.5 Å². The molecule has 1 aliphatic heterocycles. The number of benzene rings is 2. The topological polar surface area (TPSA) is 118 Å². The van der Waals surface area contributed by atoms with E-state index in [0.717, 1.165) is 30.3 Å². The number of ether oxygens (including phenoxy) is 3. The molecule has 0 spiro atoms. The average Bonchev–Trinajstić information content (AvgIpc) is 2.76. The third-order valence-corrected chi connectivity index (χ3v) is 4.58. The van der Waals surface area contributed by atoms with Crippen LogP contribution in [0.3, 0.4) is 0 Å². The van der Waals surface area contributed by atoms with Gasteiger partial charge in [-0.05, 0) is 37.9 Å². The van der Waals surface area contributed by atoms with Crippen LogP contribution in [-0.2, 0) is 16.1 Å². The summed E-state index contributed by atoms with van der Waals surface area (Å²) in [5, 5.41) is 18.3. The van der Waals surface area contributed by atoms with E-state index in [0.29, 0.717) is 13.2 Å². The number of carboxylic acids is 2. The highest BCUT2D eigenvalue weighted by Gasteiger charge is 2.18. The Hall–Kier alpha value is -3.30. The molecule has 0 saturated heterocycles. The molecule has 0 fully saturated rings. The van der Waals surface area contributed by atoms with E-state index >= 15 is 0 Å². The largest absolute Gasteiger partial charge is 0.496 e. The van der Waals surface area contributed by atoms with Crippen LogP contribution in [0.2, 0.25) is 0 Å². The van der Waals surface area contributed by atoms with Gasteiger partial charge in [0.1, 0.15) is 19.0 Å². The lowest BCUT2D eigenvalue weighted by atomic mass is 10.0. The van der Waals surface area contributed by atoms with Gasteiger partial charge < -0.3 is 34.6 Å². The highest BCUT2D eigenvalue weighted by Crippen LogP contribution is 2.31. The Kier molecular flexibility index (Phi) is 9.11. The summed E-state index contributed by atoms with van der Waals surface area (Å²) < 4.78 is 16.7. The number of methoxy groups -OCH3 is 1. The number of aliphatic carboxylic acids is 2. The van der Waals surface area contributed by atoms with Gasteiger partial charge in [-0.15, -0.1) is 0 Å². The fourth-order valence-electron chi connectivity index (χ4n) is 3.06. The van der Waals surface area contributed by atoms with Crippen LogP contribution in [0.5, 0.6) is 17.2 Å². The summed E-state index contributed by atoms with van der Waals surface area (Å²) >= 11 is 0. The third kappa shape index (κ3) is 7.16. The minimum Gasteiger partial charge on any atom is -0.496 e. The molecule has 0 amide bonds. The second-order valence-electron chi connectivity index (χ2n) is 6.94. The van der Waals surface area contributed by atoms with Crippen molar-refractivity contribution in [3.05, 3.63) is 53.6 Å². The van der Waals surface area contributed by atoms with Gasteiger partial charge in [-0.25, -0.2) is 9.59 Å². The summed E-state index contributed by atoms with van der Waals surface area (Å²) in [7, 11) is 5.89.